The Labute approximate surface area is 105 Å². The first-order valence-electron chi connectivity index (χ1n) is 6.04. The fourth-order valence-electron chi connectivity index (χ4n) is 2.58. The van der Waals surface area contributed by atoms with E-state index in [1.54, 1.807) is 0 Å². The Morgan fingerprint density at radius 1 is 1.28 bits per heavy atom. The number of halogens is 3. The molecule has 18 heavy (non-hydrogen) atoms. The van der Waals surface area contributed by atoms with E-state index in [9.17, 15) is 26.7 Å². The van der Waals surface area contributed by atoms with Gasteiger partial charge in [-0.15, -0.1) is 0 Å². The Hall–Kier alpha value is -0.300. The summed E-state index contributed by atoms with van der Waals surface area (Å²) < 4.78 is 60.3. The molecule has 0 saturated heterocycles. The van der Waals surface area contributed by atoms with Gasteiger partial charge in [0.1, 0.15) is 9.84 Å². The number of hydrogen-bond donors (Lipinski definition) is 1. The van der Waals surface area contributed by atoms with Crippen molar-refractivity contribution in [3.8, 4) is 0 Å². The molecule has 0 aromatic heterocycles. The van der Waals surface area contributed by atoms with Crippen molar-refractivity contribution in [2.24, 2.45) is 11.8 Å². The van der Waals surface area contributed by atoms with Crippen LogP contribution in [0, 0.1) is 11.8 Å². The van der Waals surface area contributed by atoms with Gasteiger partial charge in [-0.05, 0) is 25.2 Å². The fraction of sp³-hybridized carbons (Fsp3) is 1.00. The van der Waals surface area contributed by atoms with Gasteiger partial charge < -0.3 is 5.11 Å². The zero-order valence-electron chi connectivity index (χ0n) is 10.3. The first-order chi connectivity index (χ1) is 8.11. The molecule has 0 bridgehead atoms. The second kappa shape index (κ2) is 5.77. The lowest BCUT2D eigenvalue weighted by atomic mass is 9.75. The van der Waals surface area contributed by atoms with Crippen molar-refractivity contribution in [2.75, 3.05) is 12.0 Å². The van der Waals surface area contributed by atoms with Crippen LogP contribution in [-0.4, -0.2) is 37.8 Å². The van der Waals surface area contributed by atoms with Crippen LogP contribution in [0.5, 0.6) is 0 Å². The number of aliphatic hydroxyl groups excluding tert-OH is 1. The van der Waals surface area contributed by atoms with Crippen molar-refractivity contribution < 1.29 is 26.7 Å². The molecule has 0 amide bonds. The Morgan fingerprint density at radius 3 is 2.33 bits per heavy atom. The molecule has 0 aliphatic heterocycles. The van der Waals surface area contributed by atoms with E-state index in [1.807, 2.05) is 0 Å². The van der Waals surface area contributed by atoms with Crippen molar-refractivity contribution >= 4 is 9.84 Å². The molecule has 7 heteroatoms. The number of rotatable bonds is 4. The summed E-state index contributed by atoms with van der Waals surface area (Å²) in [6, 6.07) is 0. The number of sulfone groups is 1. The van der Waals surface area contributed by atoms with Gasteiger partial charge in [0.25, 0.3) is 0 Å². The summed E-state index contributed by atoms with van der Waals surface area (Å²) >= 11 is 0. The molecule has 3 atom stereocenters. The molecule has 0 aromatic carbocycles. The molecular weight excluding hydrogens is 269 g/mol. The van der Waals surface area contributed by atoms with E-state index in [4.69, 9.17) is 0 Å². The third-order valence-corrected chi connectivity index (χ3v) is 4.50. The average molecular weight is 288 g/mol. The maximum atomic E-state index is 12.8. The third-order valence-electron chi connectivity index (χ3n) is 3.52. The summed E-state index contributed by atoms with van der Waals surface area (Å²) in [5.74, 6) is -2.63. The van der Waals surface area contributed by atoms with Crippen LogP contribution in [0.3, 0.4) is 0 Å². The topological polar surface area (TPSA) is 54.4 Å². The first kappa shape index (κ1) is 15.8. The van der Waals surface area contributed by atoms with Crippen LogP contribution in [0.2, 0.25) is 0 Å². The Balaban J connectivity index is 2.66. The molecule has 1 fully saturated rings. The smallest absolute Gasteiger partial charge is 0.392 e. The van der Waals surface area contributed by atoms with Gasteiger partial charge in [0.2, 0.25) is 0 Å². The van der Waals surface area contributed by atoms with Gasteiger partial charge in [-0.25, -0.2) is 8.42 Å². The van der Waals surface area contributed by atoms with Crippen LogP contribution >= 0.6 is 0 Å². The lowest BCUT2D eigenvalue weighted by Gasteiger charge is -2.35. The van der Waals surface area contributed by atoms with Crippen molar-refractivity contribution in [2.45, 2.75) is 44.4 Å². The Morgan fingerprint density at radius 2 is 1.83 bits per heavy atom. The van der Waals surface area contributed by atoms with Crippen molar-refractivity contribution in [3.63, 3.8) is 0 Å². The summed E-state index contributed by atoms with van der Waals surface area (Å²) in [6.07, 6.45) is -3.08. The molecular formula is C11H19F3O3S. The minimum absolute atomic E-state index is 0.0318. The van der Waals surface area contributed by atoms with E-state index >= 15 is 0 Å². The number of aliphatic hydroxyl groups is 1. The van der Waals surface area contributed by atoms with Crippen LogP contribution in [0.15, 0.2) is 0 Å². The number of hydrogen-bond acceptors (Lipinski definition) is 3. The van der Waals surface area contributed by atoms with Gasteiger partial charge in [-0.3, -0.25) is 0 Å². The normalized spacial score (nSPS) is 28.1. The average Bonchev–Trinajstić information content (AvgIpc) is 2.24. The summed E-state index contributed by atoms with van der Waals surface area (Å²) in [5, 5.41) is 9.81. The molecule has 1 aliphatic rings. The molecule has 0 heterocycles. The van der Waals surface area contributed by atoms with Gasteiger partial charge >= 0.3 is 6.18 Å². The highest BCUT2D eigenvalue weighted by molar-refractivity contribution is 7.90. The maximum absolute atomic E-state index is 12.8. The zero-order valence-corrected chi connectivity index (χ0v) is 11.1. The van der Waals surface area contributed by atoms with Crippen molar-refractivity contribution in [3.05, 3.63) is 0 Å². The molecule has 1 rings (SSSR count). The fourth-order valence-corrected chi connectivity index (χ4v) is 3.25. The number of alkyl halides is 3. The Kier molecular flexibility index (Phi) is 5.05. The molecule has 3 nitrogen and oxygen atoms in total. The van der Waals surface area contributed by atoms with E-state index in [0.717, 1.165) is 6.26 Å². The van der Waals surface area contributed by atoms with E-state index in [1.165, 1.54) is 0 Å². The lowest BCUT2D eigenvalue weighted by Crippen LogP contribution is -2.39. The van der Waals surface area contributed by atoms with Crippen LogP contribution in [0.1, 0.15) is 32.1 Å². The highest BCUT2D eigenvalue weighted by Crippen LogP contribution is 2.43. The molecule has 1 N–H and O–H groups in total. The molecule has 108 valence electrons. The third kappa shape index (κ3) is 4.76. The maximum Gasteiger partial charge on any atom is 0.392 e. The van der Waals surface area contributed by atoms with Crippen LogP contribution in [-0.2, 0) is 9.84 Å². The predicted molar refractivity (Wildman–Crippen MR) is 61.8 cm³/mol. The lowest BCUT2D eigenvalue weighted by molar-refractivity contribution is -0.206. The van der Waals surface area contributed by atoms with E-state index in [-0.39, 0.29) is 18.6 Å². The minimum atomic E-state index is -4.31. The first-order valence-corrected chi connectivity index (χ1v) is 8.10. The van der Waals surface area contributed by atoms with Gasteiger partial charge in [0.15, 0.2) is 0 Å². The zero-order chi connectivity index (χ0) is 14.0. The molecule has 0 radical (unpaired) electrons. The molecule has 0 spiro atoms. The highest BCUT2D eigenvalue weighted by Gasteiger charge is 2.47. The summed E-state index contributed by atoms with van der Waals surface area (Å²) in [6.45, 7) is 0. The molecule has 3 unspecified atom stereocenters. The van der Waals surface area contributed by atoms with Gasteiger partial charge in [0, 0.05) is 6.26 Å². The van der Waals surface area contributed by atoms with Gasteiger partial charge in [-0.1, -0.05) is 12.8 Å². The second-order valence-electron chi connectivity index (χ2n) is 5.08. The van der Waals surface area contributed by atoms with Crippen LogP contribution in [0.4, 0.5) is 13.2 Å². The summed E-state index contributed by atoms with van der Waals surface area (Å²) in [5.41, 5.74) is 0. The van der Waals surface area contributed by atoms with Crippen molar-refractivity contribution in [1.82, 2.24) is 0 Å². The largest absolute Gasteiger partial charge is 0.393 e. The van der Waals surface area contributed by atoms with Crippen LogP contribution in [0.25, 0.3) is 0 Å². The Bertz CT molecular complexity index is 364. The highest BCUT2D eigenvalue weighted by atomic mass is 32.2. The summed E-state index contributed by atoms with van der Waals surface area (Å²) in [4.78, 5) is 0. The molecule has 1 saturated carbocycles. The molecule has 0 aromatic rings. The quantitative estimate of drug-likeness (QED) is 0.862. The predicted octanol–water partition coefficient (Wildman–Crippen LogP) is 2.15. The summed E-state index contributed by atoms with van der Waals surface area (Å²) in [7, 11) is -3.25. The monoisotopic (exact) mass is 288 g/mol. The minimum Gasteiger partial charge on any atom is -0.393 e. The van der Waals surface area contributed by atoms with E-state index in [0.29, 0.717) is 19.3 Å². The van der Waals surface area contributed by atoms with E-state index < -0.39 is 34.0 Å². The van der Waals surface area contributed by atoms with Crippen LogP contribution < -0.4 is 0 Å². The standard InChI is InChI=1S/C11H19F3O3S/c1-18(16,17)7-6-10(15)8-4-2-3-5-9(8)11(12,13)14/h8-10,15H,2-7H2,1H3. The van der Waals surface area contributed by atoms with Gasteiger partial charge in [0.05, 0.1) is 17.8 Å². The molecule has 1 aliphatic carbocycles. The van der Waals surface area contributed by atoms with E-state index in [2.05, 4.69) is 0 Å². The second-order valence-corrected chi connectivity index (χ2v) is 7.34. The SMILES string of the molecule is CS(=O)(=O)CCC(O)C1CCCCC1C(F)(F)F. The van der Waals surface area contributed by atoms with Gasteiger partial charge in [-0.2, -0.15) is 13.2 Å². The van der Waals surface area contributed by atoms with Crippen molar-refractivity contribution in [1.29, 1.82) is 0 Å².